The van der Waals surface area contributed by atoms with Gasteiger partial charge in [-0.05, 0) is 145 Å². The summed E-state index contributed by atoms with van der Waals surface area (Å²) in [5, 5.41) is -0.273. The predicted molar refractivity (Wildman–Crippen MR) is 218 cm³/mol. The summed E-state index contributed by atoms with van der Waals surface area (Å²) in [6.45, 7) is 7.65. The highest BCUT2D eigenvalue weighted by atomic mass is 35.5. The van der Waals surface area contributed by atoms with Crippen molar-refractivity contribution >= 4 is 28.2 Å². The Morgan fingerprint density at radius 2 is 1.20 bits per heavy atom. The van der Waals surface area contributed by atoms with Gasteiger partial charge in [-0.3, -0.25) is 9.59 Å². The summed E-state index contributed by atoms with van der Waals surface area (Å²) < 4.78 is 16.9. The van der Waals surface area contributed by atoms with Crippen LogP contribution in [-0.2, 0) is 48.1 Å². The predicted octanol–water partition coefficient (Wildman–Crippen LogP) is 8.87. The monoisotopic (exact) mass is 754 g/mol. The minimum absolute atomic E-state index is 0.273. The lowest BCUT2D eigenvalue weighted by Crippen LogP contribution is -2.06. The Bertz CT molecular complexity index is 1830. The topological polar surface area (TPSA) is 114 Å². The molecule has 0 amide bonds. The van der Waals surface area contributed by atoms with Gasteiger partial charge in [0.2, 0.25) is 5.24 Å². The van der Waals surface area contributed by atoms with E-state index in [9.17, 15) is 9.59 Å². The van der Waals surface area contributed by atoms with Crippen molar-refractivity contribution in [3.63, 3.8) is 0 Å². The van der Waals surface area contributed by atoms with E-state index in [0.717, 1.165) is 101 Å². The summed E-state index contributed by atoms with van der Waals surface area (Å²) in [6, 6.07) is 13.1. The lowest BCUT2D eigenvalue weighted by atomic mass is 9.90. The molecule has 0 saturated carbocycles. The van der Waals surface area contributed by atoms with Gasteiger partial charge in [-0.1, -0.05) is 38.1 Å². The van der Waals surface area contributed by atoms with E-state index >= 15 is 0 Å². The second-order valence-corrected chi connectivity index (χ2v) is 15.5. The van der Waals surface area contributed by atoms with Crippen LogP contribution in [0.5, 0.6) is 17.2 Å². The van der Waals surface area contributed by atoms with Gasteiger partial charge in [0.1, 0.15) is 23.0 Å². The number of nitrogens with two attached hydrogens (primary N) is 2. The van der Waals surface area contributed by atoms with Gasteiger partial charge >= 0.3 is 0 Å². The molecule has 54 heavy (non-hydrogen) atoms. The summed E-state index contributed by atoms with van der Waals surface area (Å²) in [5.74, 6) is 5.07. The van der Waals surface area contributed by atoms with Gasteiger partial charge in [0.05, 0.1) is 19.8 Å². The average Bonchev–Trinajstić information content (AvgIpc) is 4.04. The standard InChI is InChI=1S/C17H22O2.C13H17NO.C13H15NO.C3H5ClO/c1-2-14(18)5-3-4-12-6-7-13-8-9-16-15(17(12)13)10-11-19-16;2*14-7-5-10-2-1-9-3-4-12-11(13(9)10)6-8-15-12;1-2-3(4)5/h8-9,12H,2-7,10-11H2,1H3;3-4,10H,1-2,5-8,14H2;3-5H,1-2,6-8,14H2;2H2,1H3/b;;10-5-;/t12-;10-;;/m10../s1. The summed E-state index contributed by atoms with van der Waals surface area (Å²) in [5.41, 5.74) is 26.2. The summed E-state index contributed by atoms with van der Waals surface area (Å²) >= 11 is 4.82. The molecule has 7 nitrogen and oxygen atoms in total. The number of carbonyl (C=O) groups is 2. The van der Waals surface area contributed by atoms with Crippen molar-refractivity contribution in [2.45, 2.75) is 122 Å². The normalized spacial score (nSPS) is 19.5. The molecule has 0 bridgehead atoms. The number of halogens is 1. The number of allylic oxidation sites excluding steroid dienone is 1. The van der Waals surface area contributed by atoms with Crippen LogP contribution in [0.1, 0.15) is 134 Å². The van der Waals surface area contributed by atoms with Crippen molar-refractivity contribution < 1.29 is 23.8 Å². The molecule has 0 unspecified atom stereocenters. The maximum atomic E-state index is 11.4. The van der Waals surface area contributed by atoms with Gasteiger partial charge in [0.15, 0.2) is 0 Å². The van der Waals surface area contributed by atoms with Crippen LogP contribution >= 0.6 is 11.6 Å². The van der Waals surface area contributed by atoms with Crippen LogP contribution in [0.4, 0.5) is 0 Å². The quantitative estimate of drug-likeness (QED) is 0.210. The van der Waals surface area contributed by atoms with E-state index in [4.69, 9.17) is 37.3 Å². The zero-order valence-corrected chi connectivity index (χ0v) is 33.2. The molecule has 3 aliphatic carbocycles. The molecule has 3 aromatic carbocycles. The van der Waals surface area contributed by atoms with Crippen molar-refractivity contribution in [1.29, 1.82) is 0 Å². The van der Waals surface area contributed by atoms with E-state index in [0.29, 0.717) is 37.0 Å². The fraction of sp³-hybridized carbons (Fsp3) is 0.522. The van der Waals surface area contributed by atoms with Gasteiger partial charge in [-0.2, -0.15) is 0 Å². The van der Waals surface area contributed by atoms with Crippen LogP contribution in [0.3, 0.4) is 0 Å². The maximum Gasteiger partial charge on any atom is 0.221 e. The first-order valence-electron chi connectivity index (χ1n) is 20.5. The number of hydrogen-bond donors (Lipinski definition) is 2. The Morgan fingerprint density at radius 1 is 0.685 bits per heavy atom. The Balaban J connectivity index is 0.000000131. The minimum atomic E-state index is -0.273. The minimum Gasteiger partial charge on any atom is -0.493 e. The number of Topliss-reactive ketones (excluding diaryl/α,β-unsaturated/α-hetero) is 1. The highest BCUT2D eigenvalue weighted by molar-refractivity contribution is 6.63. The smallest absolute Gasteiger partial charge is 0.221 e. The molecule has 0 saturated heterocycles. The second kappa shape index (κ2) is 19.3. The largest absolute Gasteiger partial charge is 0.493 e. The van der Waals surface area contributed by atoms with E-state index in [1.54, 1.807) is 18.1 Å². The van der Waals surface area contributed by atoms with Gasteiger partial charge in [-0.15, -0.1) is 0 Å². The third kappa shape index (κ3) is 9.23. The summed E-state index contributed by atoms with van der Waals surface area (Å²) in [4.78, 5) is 21.0. The zero-order chi connectivity index (χ0) is 38.0. The lowest BCUT2D eigenvalue weighted by Gasteiger charge is -2.14. The summed E-state index contributed by atoms with van der Waals surface area (Å²) in [6.07, 6.45) is 17.9. The fourth-order valence-electron chi connectivity index (χ4n) is 9.27. The number of ketones is 1. The van der Waals surface area contributed by atoms with Crippen molar-refractivity contribution in [1.82, 2.24) is 0 Å². The number of ether oxygens (including phenoxy) is 3. The lowest BCUT2D eigenvalue weighted by molar-refractivity contribution is -0.118. The highest BCUT2D eigenvalue weighted by Gasteiger charge is 2.30. The SMILES string of the molecule is CCC(=O)CCC[C@@H]1CCc2ccc3c(c21)CCO3.CCC(=O)Cl.NC/C=C1/CCc2ccc3c(c21)CCO3.NCC[C@@H]1CCc2ccc3c(c21)CCO3. The molecule has 8 heteroatoms. The molecule has 0 radical (unpaired) electrons. The second-order valence-electron chi connectivity index (χ2n) is 15.1. The van der Waals surface area contributed by atoms with Crippen molar-refractivity contribution in [3.8, 4) is 17.2 Å². The fourth-order valence-corrected chi connectivity index (χ4v) is 9.27. The van der Waals surface area contributed by atoms with Crippen molar-refractivity contribution in [2.24, 2.45) is 11.5 Å². The Labute approximate surface area is 327 Å². The van der Waals surface area contributed by atoms with Crippen molar-refractivity contribution in [2.75, 3.05) is 32.9 Å². The van der Waals surface area contributed by atoms with E-state index in [-0.39, 0.29) is 5.24 Å². The molecular weight excluding hydrogens is 696 g/mol. The number of rotatable bonds is 9. The molecule has 3 aliphatic heterocycles. The van der Waals surface area contributed by atoms with Crippen LogP contribution in [0.2, 0.25) is 0 Å². The Hall–Kier alpha value is -3.65. The van der Waals surface area contributed by atoms with E-state index in [1.165, 1.54) is 70.2 Å². The van der Waals surface area contributed by atoms with Crippen LogP contribution in [0.25, 0.3) is 5.57 Å². The van der Waals surface area contributed by atoms with Crippen LogP contribution in [0, 0.1) is 0 Å². The van der Waals surface area contributed by atoms with E-state index < -0.39 is 0 Å². The molecule has 3 aromatic rings. The van der Waals surface area contributed by atoms with E-state index in [2.05, 4.69) is 42.5 Å². The van der Waals surface area contributed by atoms with Gasteiger partial charge in [-0.25, -0.2) is 0 Å². The highest BCUT2D eigenvalue weighted by Crippen LogP contribution is 2.45. The first-order valence-corrected chi connectivity index (χ1v) is 20.9. The molecule has 2 atom stereocenters. The van der Waals surface area contributed by atoms with Crippen LogP contribution in [0.15, 0.2) is 42.5 Å². The molecule has 9 rings (SSSR count). The first kappa shape index (κ1) is 40.0. The molecular formula is C46H59ClN2O5. The Kier molecular flexibility index (Phi) is 14.3. The molecule has 0 fully saturated rings. The Morgan fingerprint density at radius 3 is 1.72 bits per heavy atom. The number of aryl methyl sites for hydroxylation is 3. The zero-order valence-electron chi connectivity index (χ0n) is 32.4. The maximum absolute atomic E-state index is 11.4. The van der Waals surface area contributed by atoms with Gasteiger partial charge < -0.3 is 25.7 Å². The van der Waals surface area contributed by atoms with Crippen LogP contribution < -0.4 is 25.7 Å². The average molecular weight is 755 g/mol. The van der Waals surface area contributed by atoms with Crippen LogP contribution in [-0.4, -0.2) is 43.9 Å². The molecule has 0 spiro atoms. The number of hydrogen-bond acceptors (Lipinski definition) is 7. The van der Waals surface area contributed by atoms with Crippen molar-refractivity contribution in [3.05, 3.63) is 92.5 Å². The van der Waals surface area contributed by atoms with Gasteiger partial charge in [0, 0.05) is 61.8 Å². The third-order valence-electron chi connectivity index (χ3n) is 11.9. The molecule has 4 N–H and O–H groups in total. The first-order chi connectivity index (χ1) is 26.4. The van der Waals surface area contributed by atoms with E-state index in [1.807, 2.05) is 6.92 Å². The third-order valence-corrected chi connectivity index (χ3v) is 12.1. The molecule has 3 heterocycles. The molecule has 290 valence electrons. The number of fused-ring (bicyclic) bond motifs is 9. The molecule has 6 aliphatic rings. The number of benzene rings is 3. The summed E-state index contributed by atoms with van der Waals surface area (Å²) in [7, 11) is 0. The number of carbonyl (C=O) groups excluding carboxylic acids is 2. The molecule has 0 aromatic heterocycles. The van der Waals surface area contributed by atoms with Gasteiger partial charge in [0.25, 0.3) is 0 Å².